The summed E-state index contributed by atoms with van der Waals surface area (Å²) in [6.07, 6.45) is 0.991. The van der Waals surface area contributed by atoms with Gasteiger partial charge in [0.2, 0.25) is 0 Å². The smallest absolute Gasteiger partial charge is 0.132 e. The van der Waals surface area contributed by atoms with Gasteiger partial charge in [0.1, 0.15) is 11.9 Å². The van der Waals surface area contributed by atoms with E-state index in [0.717, 1.165) is 55.3 Å². The summed E-state index contributed by atoms with van der Waals surface area (Å²) < 4.78 is 11.1. The summed E-state index contributed by atoms with van der Waals surface area (Å²) in [5.74, 6) is 0.730. The Morgan fingerprint density at radius 2 is 1.83 bits per heavy atom. The second kappa shape index (κ2) is 6.77. The minimum absolute atomic E-state index is 0.666. The van der Waals surface area contributed by atoms with Gasteiger partial charge in [-0.05, 0) is 23.3 Å². The van der Waals surface area contributed by atoms with Crippen molar-refractivity contribution in [1.29, 1.82) is 0 Å². The Hall–Kier alpha value is -2.14. The Balaban J connectivity index is 1.57. The first-order valence-electron chi connectivity index (χ1n) is 8.34. The van der Waals surface area contributed by atoms with Gasteiger partial charge in [-0.2, -0.15) is 0 Å². The summed E-state index contributed by atoms with van der Waals surface area (Å²) in [6.45, 7) is 4.35. The Bertz CT molecular complexity index is 736. The normalized spacial score (nSPS) is 20.9. The molecule has 2 aliphatic heterocycles. The average molecular weight is 323 g/mol. The quantitative estimate of drug-likeness (QED) is 0.943. The maximum Gasteiger partial charge on any atom is 0.132 e. The van der Waals surface area contributed by atoms with Crippen molar-refractivity contribution in [1.82, 2.24) is 4.90 Å². The molecular weight excluding hydrogens is 302 g/mol. The van der Waals surface area contributed by atoms with Crippen molar-refractivity contribution in [2.24, 2.45) is 0 Å². The van der Waals surface area contributed by atoms with E-state index in [0.29, 0.717) is 0 Å². The van der Waals surface area contributed by atoms with Crippen LogP contribution in [0.25, 0.3) is 5.57 Å². The van der Waals surface area contributed by atoms with Crippen LogP contribution in [-0.2, 0) is 11.3 Å². The van der Waals surface area contributed by atoms with E-state index in [9.17, 15) is 5.11 Å². The monoisotopic (exact) mass is 323 g/mol. The van der Waals surface area contributed by atoms with Gasteiger partial charge in [0.25, 0.3) is 0 Å². The molecule has 0 aromatic heterocycles. The highest BCUT2D eigenvalue weighted by molar-refractivity contribution is 5.72. The summed E-state index contributed by atoms with van der Waals surface area (Å²) in [7, 11) is 0. The van der Waals surface area contributed by atoms with Crippen molar-refractivity contribution in [2.45, 2.75) is 12.6 Å². The predicted molar refractivity (Wildman–Crippen MR) is 92.5 cm³/mol. The SMILES string of the molecule is OC1C(c2ccccc2)=COc2ccc(CN3CCOCC3)cc21. The standard InChI is InChI=1S/C20H21NO3/c22-20-17-12-15(13-21-8-10-23-11-9-21)6-7-19(17)24-14-18(20)16-4-2-1-3-5-16/h1-7,12,14,20,22H,8-11,13H2. The molecule has 1 saturated heterocycles. The Kier molecular flexibility index (Phi) is 4.34. The Morgan fingerprint density at radius 3 is 2.62 bits per heavy atom. The molecule has 4 rings (SSSR count). The van der Waals surface area contributed by atoms with Crippen LogP contribution in [-0.4, -0.2) is 36.3 Å². The van der Waals surface area contributed by atoms with E-state index in [1.165, 1.54) is 5.56 Å². The van der Waals surface area contributed by atoms with Crippen molar-refractivity contribution in [3.63, 3.8) is 0 Å². The molecule has 0 bridgehead atoms. The number of aliphatic hydroxyl groups is 1. The van der Waals surface area contributed by atoms with Crippen LogP contribution in [0.4, 0.5) is 0 Å². The molecule has 2 heterocycles. The van der Waals surface area contributed by atoms with Crippen LogP contribution in [0.2, 0.25) is 0 Å². The van der Waals surface area contributed by atoms with Crippen molar-refractivity contribution >= 4 is 5.57 Å². The van der Waals surface area contributed by atoms with E-state index < -0.39 is 6.10 Å². The molecule has 0 amide bonds. The van der Waals surface area contributed by atoms with Crippen LogP contribution in [0.3, 0.4) is 0 Å². The van der Waals surface area contributed by atoms with Gasteiger partial charge in [-0.15, -0.1) is 0 Å². The van der Waals surface area contributed by atoms with Crippen molar-refractivity contribution in [3.05, 3.63) is 71.5 Å². The van der Waals surface area contributed by atoms with Gasteiger partial charge in [0.15, 0.2) is 0 Å². The van der Waals surface area contributed by atoms with E-state index >= 15 is 0 Å². The van der Waals surface area contributed by atoms with E-state index in [-0.39, 0.29) is 0 Å². The van der Waals surface area contributed by atoms with Crippen LogP contribution in [0, 0.1) is 0 Å². The van der Waals surface area contributed by atoms with Crippen LogP contribution in [0.5, 0.6) is 5.75 Å². The van der Waals surface area contributed by atoms with E-state index in [1.54, 1.807) is 6.26 Å². The fourth-order valence-corrected chi connectivity index (χ4v) is 3.25. The molecular formula is C20H21NO3. The zero-order valence-electron chi connectivity index (χ0n) is 13.5. The molecule has 2 aromatic rings. The molecule has 4 heteroatoms. The number of fused-ring (bicyclic) bond motifs is 1. The molecule has 0 spiro atoms. The lowest BCUT2D eigenvalue weighted by atomic mass is 9.93. The first kappa shape index (κ1) is 15.4. The summed E-state index contributed by atoms with van der Waals surface area (Å²) in [5.41, 5.74) is 3.80. The number of ether oxygens (including phenoxy) is 2. The summed E-state index contributed by atoms with van der Waals surface area (Å²) in [4.78, 5) is 2.37. The lowest BCUT2D eigenvalue weighted by molar-refractivity contribution is 0.0341. The molecule has 0 aliphatic carbocycles. The fraction of sp³-hybridized carbons (Fsp3) is 0.300. The third-order valence-corrected chi connectivity index (χ3v) is 4.59. The predicted octanol–water partition coefficient (Wildman–Crippen LogP) is 2.99. The minimum Gasteiger partial charge on any atom is -0.464 e. The summed E-state index contributed by atoms with van der Waals surface area (Å²) in [5, 5.41) is 10.8. The maximum absolute atomic E-state index is 10.8. The van der Waals surface area contributed by atoms with Gasteiger partial charge in [0, 0.05) is 30.8 Å². The molecule has 4 nitrogen and oxygen atoms in total. The largest absolute Gasteiger partial charge is 0.464 e. The first-order valence-corrected chi connectivity index (χ1v) is 8.34. The number of hydrogen-bond acceptors (Lipinski definition) is 4. The van der Waals surface area contributed by atoms with Crippen LogP contribution >= 0.6 is 0 Å². The third kappa shape index (κ3) is 3.08. The lowest BCUT2D eigenvalue weighted by Gasteiger charge is -2.28. The van der Waals surface area contributed by atoms with E-state index in [4.69, 9.17) is 9.47 Å². The molecule has 1 unspecified atom stereocenters. The topological polar surface area (TPSA) is 41.9 Å². The molecule has 1 N–H and O–H groups in total. The first-order chi connectivity index (χ1) is 11.8. The van der Waals surface area contributed by atoms with Crippen LogP contribution in [0.1, 0.15) is 22.8 Å². The number of benzene rings is 2. The maximum atomic E-state index is 10.8. The Labute approximate surface area is 141 Å². The molecule has 1 atom stereocenters. The van der Waals surface area contributed by atoms with Gasteiger partial charge in [0.05, 0.1) is 19.5 Å². The van der Waals surface area contributed by atoms with Crippen LogP contribution in [0.15, 0.2) is 54.8 Å². The molecule has 0 saturated carbocycles. The molecule has 124 valence electrons. The zero-order valence-corrected chi connectivity index (χ0v) is 13.5. The van der Waals surface area contributed by atoms with Crippen LogP contribution < -0.4 is 4.74 Å². The number of hydrogen-bond donors (Lipinski definition) is 1. The van der Waals surface area contributed by atoms with Crippen molar-refractivity contribution in [2.75, 3.05) is 26.3 Å². The van der Waals surface area contributed by atoms with Crippen molar-refractivity contribution in [3.8, 4) is 5.75 Å². The fourth-order valence-electron chi connectivity index (χ4n) is 3.25. The summed E-state index contributed by atoms with van der Waals surface area (Å²) >= 11 is 0. The minimum atomic E-state index is -0.666. The van der Waals surface area contributed by atoms with Gasteiger partial charge >= 0.3 is 0 Å². The number of nitrogens with zero attached hydrogens (tertiary/aromatic N) is 1. The molecule has 24 heavy (non-hydrogen) atoms. The average Bonchev–Trinajstić information content (AvgIpc) is 2.64. The van der Waals surface area contributed by atoms with E-state index in [1.807, 2.05) is 36.4 Å². The van der Waals surface area contributed by atoms with Gasteiger partial charge in [-0.25, -0.2) is 0 Å². The van der Waals surface area contributed by atoms with Gasteiger partial charge in [-0.3, -0.25) is 4.90 Å². The number of morpholine rings is 1. The highest BCUT2D eigenvalue weighted by Crippen LogP contribution is 2.39. The molecule has 2 aromatic carbocycles. The third-order valence-electron chi connectivity index (χ3n) is 4.59. The zero-order chi connectivity index (χ0) is 16.4. The molecule has 0 radical (unpaired) electrons. The second-order valence-corrected chi connectivity index (χ2v) is 6.22. The lowest BCUT2D eigenvalue weighted by Crippen LogP contribution is -2.35. The van der Waals surface area contributed by atoms with Gasteiger partial charge in [-0.1, -0.05) is 36.4 Å². The second-order valence-electron chi connectivity index (χ2n) is 6.22. The number of aliphatic hydroxyl groups excluding tert-OH is 1. The highest BCUT2D eigenvalue weighted by atomic mass is 16.5. The van der Waals surface area contributed by atoms with Crippen molar-refractivity contribution < 1.29 is 14.6 Å². The van der Waals surface area contributed by atoms with Gasteiger partial charge < -0.3 is 14.6 Å². The van der Waals surface area contributed by atoms with E-state index in [2.05, 4.69) is 17.0 Å². The highest BCUT2D eigenvalue weighted by Gasteiger charge is 2.24. The molecule has 2 aliphatic rings. The number of rotatable bonds is 3. The Morgan fingerprint density at radius 1 is 1.04 bits per heavy atom. The molecule has 1 fully saturated rings. The summed E-state index contributed by atoms with van der Waals surface area (Å²) in [6, 6.07) is 16.0.